The fourth-order valence-corrected chi connectivity index (χ4v) is 8.41. The number of hydrogen-bond donors (Lipinski definition) is 0. The van der Waals surface area contributed by atoms with Crippen LogP contribution in [0, 0.1) is 0 Å². The predicted molar refractivity (Wildman–Crippen MR) is 229 cm³/mol. The molecule has 0 N–H and O–H groups in total. The summed E-state index contributed by atoms with van der Waals surface area (Å²) < 4.78 is 0. The Hall–Kier alpha value is -6.26. The standard InChI is InChI=1S/C49H33N3.CH2Cl2/c1-5-15-35(16-6-1)42(36-17-7-2-8-18-36)31-34-25-27-40-41-28-26-39(52(37-19-9-3-10-20-37)38-21-11-4-12-22-38)33-46(41)49(45(40)32-34)43-23-13-29-50-47(43)48-44(49)24-14-30-51-48;2-1-3/h1-33H;1H2. The normalized spacial score (nSPS) is 12.4. The number of nitrogens with zero attached hydrogens (tertiary/aromatic N) is 3. The second kappa shape index (κ2) is 14.9. The van der Waals surface area contributed by atoms with Gasteiger partial charge in [0.05, 0.1) is 22.1 Å². The maximum atomic E-state index is 4.98. The van der Waals surface area contributed by atoms with Crippen LogP contribution in [0.5, 0.6) is 0 Å². The Labute approximate surface area is 331 Å². The molecule has 10 rings (SSSR count). The fourth-order valence-electron chi connectivity index (χ4n) is 8.41. The summed E-state index contributed by atoms with van der Waals surface area (Å²) in [6.07, 6.45) is 6.12. The minimum absolute atomic E-state index is 0.194. The summed E-state index contributed by atoms with van der Waals surface area (Å²) in [7, 11) is 0. The smallest absolute Gasteiger partial charge is 0.0967 e. The molecule has 8 aromatic rings. The molecule has 3 nitrogen and oxygen atoms in total. The minimum Gasteiger partial charge on any atom is -0.310 e. The van der Waals surface area contributed by atoms with Crippen LogP contribution in [-0.2, 0) is 5.41 Å². The molecule has 2 aromatic heterocycles. The molecule has 2 aliphatic rings. The lowest BCUT2D eigenvalue weighted by atomic mass is 9.70. The second-order valence-corrected chi connectivity index (χ2v) is 14.3. The van der Waals surface area contributed by atoms with Gasteiger partial charge in [0.25, 0.3) is 0 Å². The molecule has 0 saturated heterocycles. The number of benzene rings is 6. The van der Waals surface area contributed by atoms with Gasteiger partial charge in [-0.2, -0.15) is 0 Å². The third-order valence-electron chi connectivity index (χ3n) is 10.6. The van der Waals surface area contributed by atoms with Crippen molar-refractivity contribution in [3.05, 3.63) is 233 Å². The van der Waals surface area contributed by atoms with E-state index in [0.29, 0.717) is 0 Å². The molecule has 0 radical (unpaired) electrons. The Bertz CT molecular complexity index is 2520. The number of para-hydroxylation sites is 2. The first kappa shape index (κ1) is 34.5. The van der Waals surface area contributed by atoms with Gasteiger partial charge >= 0.3 is 0 Å². The highest BCUT2D eigenvalue weighted by Crippen LogP contribution is 2.62. The number of aromatic nitrogens is 2. The van der Waals surface area contributed by atoms with E-state index in [-0.39, 0.29) is 5.34 Å². The van der Waals surface area contributed by atoms with Crippen LogP contribution < -0.4 is 4.90 Å². The molecule has 0 unspecified atom stereocenters. The summed E-state index contributed by atoms with van der Waals surface area (Å²) in [5, 5.41) is 0.194. The first-order chi connectivity index (χ1) is 27.2. The molecule has 6 aromatic carbocycles. The summed E-state index contributed by atoms with van der Waals surface area (Å²) in [4.78, 5) is 12.3. The molecule has 0 amide bonds. The molecule has 0 fully saturated rings. The van der Waals surface area contributed by atoms with E-state index in [1.54, 1.807) is 0 Å². The van der Waals surface area contributed by atoms with Gasteiger partial charge in [0.2, 0.25) is 0 Å². The van der Waals surface area contributed by atoms with Gasteiger partial charge in [-0.3, -0.25) is 9.97 Å². The van der Waals surface area contributed by atoms with Crippen molar-refractivity contribution in [1.29, 1.82) is 0 Å². The molecule has 2 aliphatic carbocycles. The maximum absolute atomic E-state index is 4.98. The third-order valence-corrected chi connectivity index (χ3v) is 10.6. The third kappa shape index (κ3) is 5.93. The van der Waals surface area contributed by atoms with Crippen LogP contribution in [0.2, 0.25) is 0 Å². The van der Waals surface area contributed by atoms with E-state index in [2.05, 4.69) is 193 Å². The van der Waals surface area contributed by atoms with Crippen molar-refractivity contribution in [3.63, 3.8) is 0 Å². The highest BCUT2D eigenvalue weighted by Gasteiger charge is 2.53. The lowest BCUT2D eigenvalue weighted by Gasteiger charge is -2.31. The monoisotopic (exact) mass is 747 g/mol. The Balaban J connectivity index is 0.00000128. The molecular formula is C50H35Cl2N3. The second-order valence-electron chi connectivity index (χ2n) is 13.5. The lowest BCUT2D eigenvalue weighted by Crippen LogP contribution is -2.26. The Morgan fingerprint density at radius 1 is 0.473 bits per heavy atom. The molecular weight excluding hydrogens is 713 g/mol. The molecule has 5 heteroatoms. The molecule has 0 bridgehead atoms. The largest absolute Gasteiger partial charge is 0.310 e. The molecule has 1 spiro atoms. The van der Waals surface area contributed by atoms with Crippen molar-refractivity contribution in [2.75, 3.05) is 10.2 Å². The van der Waals surface area contributed by atoms with Gasteiger partial charge in [-0.15, -0.1) is 23.2 Å². The van der Waals surface area contributed by atoms with Crippen LogP contribution >= 0.6 is 23.2 Å². The number of fused-ring (bicyclic) bond motifs is 10. The van der Waals surface area contributed by atoms with E-state index in [1.165, 1.54) is 50.1 Å². The number of halogens is 2. The topological polar surface area (TPSA) is 29.0 Å². The average Bonchev–Trinajstić information content (AvgIpc) is 3.71. The van der Waals surface area contributed by atoms with Gasteiger partial charge in [0, 0.05) is 29.5 Å². The van der Waals surface area contributed by atoms with Crippen molar-refractivity contribution < 1.29 is 0 Å². The Kier molecular flexibility index (Phi) is 9.33. The van der Waals surface area contributed by atoms with Crippen molar-refractivity contribution in [2.45, 2.75) is 5.41 Å². The van der Waals surface area contributed by atoms with Gasteiger partial charge in [-0.05, 0) is 116 Å². The van der Waals surface area contributed by atoms with Gasteiger partial charge in [-0.1, -0.05) is 127 Å². The van der Waals surface area contributed by atoms with Crippen LogP contribution in [-0.4, -0.2) is 15.3 Å². The zero-order chi connectivity index (χ0) is 37.2. The Morgan fingerprint density at radius 3 is 1.44 bits per heavy atom. The molecule has 55 heavy (non-hydrogen) atoms. The van der Waals surface area contributed by atoms with Crippen LogP contribution in [0.3, 0.4) is 0 Å². The van der Waals surface area contributed by atoms with Crippen molar-refractivity contribution in [3.8, 4) is 22.5 Å². The SMILES string of the molecule is C(=C(c1ccccc1)c1ccccc1)c1ccc2c(c1)C1(c3cc(N(c4ccccc4)c4ccccc4)ccc3-2)c2cccnc2-c2ncccc21.ClCCl. The number of anilines is 3. The number of alkyl halides is 2. The first-order valence-electron chi connectivity index (χ1n) is 18.3. The number of rotatable bonds is 6. The van der Waals surface area contributed by atoms with Gasteiger partial charge in [0.1, 0.15) is 0 Å². The molecule has 2 heterocycles. The van der Waals surface area contributed by atoms with E-state index in [1.807, 2.05) is 12.4 Å². The van der Waals surface area contributed by atoms with Gasteiger partial charge in [-0.25, -0.2) is 0 Å². The molecule has 0 saturated carbocycles. The first-order valence-corrected chi connectivity index (χ1v) is 19.3. The highest BCUT2D eigenvalue weighted by molar-refractivity contribution is 6.40. The van der Waals surface area contributed by atoms with Crippen LogP contribution in [0.4, 0.5) is 17.1 Å². The summed E-state index contributed by atoms with van der Waals surface area (Å²) in [5.41, 5.74) is 16.6. The number of pyridine rings is 2. The lowest BCUT2D eigenvalue weighted by molar-refractivity contribution is 0.789. The van der Waals surface area contributed by atoms with Crippen molar-refractivity contribution in [1.82, 2.24) is 9.97 Å². The van der Waals surface area contributed by atoms with Gasteiger partial charge < -0.3 is 4.90 Å². The molecule has 0 atom stereocenters. The van der Waals surface area contributed by atoms with Crippen molar-refractivity contribution >= 4 is 51.9 Å². The van der Waals surface area contributed by atoms with E-state index in [9.17, 15) is 0 Å². The van der Waals surface area contributed by atoms with Crippen molar-refractivity contribution in [2.24, 2.45) is 0 Å². The number of hydrogen-bond acceptors (Lipinski definition) is 3. The van der Waals surface area contributed by atoms with Crippen LogP contribution in [0.15, 0.2) is 194 Å². The fraction of sp³-hybridized carbons (Fsp3) is 0.0400. The van der Waals surface area contributed by atoms with Gasteiger partial charge in [0.15, 0.2) is 0 Å². The zero-order valence-electron chi connectivity index (χ0n) is 29.9. The minimum atomic E-state index is -0.601. The maximum Gasteiger partial charge on any atom is 0.0967 e. The zero-order valence-corrected chi connectivity index (χ0v) is 31.4. The van der Waals surface area contributed by atoms with E-state index >= 15 is 0 Å². The Morgan fingerprint density at radius 2 is 0.927 bits per heavy atom. The quantitative estimate of drug-likeness (QED) is 0.125. The van der Waals surface area contributed by atoms with Crippen LogP contribution in [0.1, 0.15) is 38.9 Å². The average molecular weight is 749 g/mol. The van der Waals surface area contributed by atoms with E-state index in [0.717, 1.165) is 34.0 Å². The van der Waals surface area contributed by atoms with Crippen LogP contribution in [0.25, 0.3) is 34.2 Å². The summed E-state index contributed by atoms with van der Waals surface area (Å²) in [6, 6.07) is 65.2. The molecule has 0 aliphatic heterocycles. The van der Waals surface area contributed by atoms with E-state index < -0.39 is 5.41 Å². The predicted octanol–water partition coefficient (Wildman–Crippen LogP) is 13.3. The van der Waals surface area contributed by atoms with E-state index in [4.69, 9.17) is 33.2 Å². The summed E-state index contributed by atoms with van der Waals surface area (Å²) in [5.74, 6) is 0. The molecule has 264 valence electrons. The summed E-state index contributed by atoms with van der Waals surface area (Å²) >= 11 is 9.53. The summed E-state index contributed by atoms with van der Waals surface area (Å²) in [6.45, 7) is 0. The highest BCUT2D eigenvalue weighted by atomic mass is 35.5.